The number of nitrogens with two attached hydrogens (primary N) is 1. The molecule has 3 N–H and O–H groups in total. The number of primary amides is 1. The van der Waals surface area contributed by atoms with Crippen molar-refractivity contribution in [2.75, 3.05) is 31.5 Å². The highest BCUT2D eigenvalue weighted by molar-refractivity contribution is 7.89. The first kappa shape index (κ1) is 20.8. The van der Waals surface area contributed by atoms with Crippen molar-refractivity contribution in [3.63, 3.8) is 0 Å². The first-order chi connectivity index (χ1) is 13.7. The molecule has 0 aromatic heterocycles. The van der Waals surface area contributed by atoms with Crippen molar-refractivity contribution >= 4 is 27.6 Å². The largest absolute Gasteiger partial charge is 0.351 e. The minimum absolute atomic E-state index is 0.181. The predicted molar refractivity (Wildman–Crippen MR) is 110 cm³/mol. The molecule has 1 aliphatic heterocycles. The fourth-order valence-electron chi connectivity index (χ4n) is 3.28. The molecule has 0 saturated carbocycles. The number of rotatable bonds is 4. The predicted octanol–water partition coefficient (Wildman–Crippen LogP) is 1.94. The van der Waals surface area contributed by atoms with Crippen LogP contribution in [0, 0.1) is 13.8 Å². The van der Waals surface area contributed by atoms with Gasteiger partial charge in [-0.2, -0.15) is 4.31 Å². The van der Waals surface area contributed by atoms with Crippen LogP contribution in [0.1, 0.15) is 21.5 Å². The van der Waals surface area contributed by atoms with E-state index in [9.17, 15) is 18.0 Å². The fourth-order valence-corrected chi connectivity index (χ4v) is 5.01. The molecule has 154 valence electrons. The number of aryl methyl sites for hydroxylation is 2. The quantitative estimate of drug-likeness (QED) is 0.793. The van der Waals surface area contributed by atoms with Crippen molar-refractivity contribution in [2.24, 2.45) is 5.73 Å². The van der Waals surface area contributed by atoms with Crippen LogP contribution in [0.15, 0.2) is 47.4 Å². The fraction of sp³-hybridized carbons (Fsp3) is 0.300. The lowest BCUT2D eigenvalue weighted by molar-refractivity contribution is 0.0698. The van der Waals surface area contributed by atoms with Gasteiger partial charge in [0.25, 0.3) is 5.91 Å². The summed E-state index contributed by atoms with van der Waals surface area (Å²) < 4.78 is 27.4. The zero-order valence-electron chi connectivity index (χ0n) is 16.4. The van der Waals surface area contributed by atoms with Crippen molar-refractivity contribution in [1.82, 2.24) is 9.21 Å². The van der Waals surface area contributed by atoms with Gasteiger partial charge in [0.15, 0.2) is 0 Å². The van der Waals surface area contributed by atoms with Gasteiger partial charge in [-0.25, -0.2) is 13.2 Å². The standard InChI is InChI=1S/C20H24N4O4S/c1-14-3-4-15(2)18(13-14)29(27,28)24-11-9-23(10-12-24)19(25)16-5-7-17(8-6-16)22-20(21)26/h3-8,13H,9-12H2,1-2H3,(H3,21,22,26). The molecule has 9 heteroatoms. The summed E-state index contributed by atoms with van der Waals surface area (Å²) in [5, 5.41) is 2.44. The van der Waals surface area contributed by atoms with Gasteiger partial charge in [-0.15, -0.1) is 0 Å². The second kappa shape index (κ2) is 8.22. The van der Waals surface area contributed by atoms with Crippen LogP contribution < -0.4 is 11.1 Å². The van der Waals surface area contributed by atoms with Gasteiger partial charge in [-0.1, -0.05) is 12.1 Å². The van der Waals surface area contributed by atoms with Crippen LogP contribution >= 0.6 is 0 Å². The molecule has 3 rings (SSSR count). The Kier molecular flexibility index (Phi) is 5.90. The van der Waals surface area contributed by atoms with Crippen molar-refractivity contribution in [2.45, 2.75) is 18.7 Å². The second-order valence-electron chi connectivity index (χ2n) is 7.03. The van der Waals surface area contributed by atoms with Crippen molar-refractivity contribution < 1.29 is 18.0 Å². The first-order valence-electron chi connectivity index (χ1n) is 9.21. The molecule has 1 fully saturated rings. The van der Waals surface area contributed by atoms with Crippen LogP contribution in [-0.2, 0) is 10.0 Å². The van der Waals surface area contributed by atoms with Crippen LogP contribution in [-0.4, -0.2) is 55.7 Å². The van der Waals surface area contributed by atoms with Crippen LogP contribution in [0.4, 0.5) is 10.5 Å². The number of carbonyl (C=O) groups is 2. The van der Waals surface area contributed by atoms with E-state index in [1.54, 1.807) is 48.2 Å². The number of anilines is 1. The van der Waals surface area contributed by atoms with E-state index in [-0.39, 0.29) is 19.0 Å². The van der Waals surface area contributed by atoms with Gasteiger partial charge in [-0.05, 0) is 55.3 Å². The SMILES string of the molecule is Cc1ccc(C)c(S(=O)(=O)N2CCN(C(=O)c3ccc(NC(N)=O)cc3)CC2)c1. The highest BCUT2D eigenvalue weighted by Crippen LogP contribution is 2.23. The molecule has 0 aliphatic carbocycles. The number of hydrogen-bond donors (Lipinski definition) is 2. The lowest BCUT2D eigenvalue weighted by atomic mass is 10.1. The maximum absolute atomic E-state index is 13.0. The number of urea groups is 1. The third kappa shape index (κ3) is 4.57. The lowest BCUT2D eigenvalue weighted by Gasteiger charge is -2.34. The molecule has 2 aromatic carbocycles. The van der Waals surface area contributed by atoms with E-state index >= 15 is 0 Å². The molecule has 8 nitrogen and oxygen atoms in total. The Morgan fingerprint density at radius 3 is 2.17 bits per heavy atom. The summed E-state index contributed by atoms with van der Waals surface area (Å²) in [6.07, 6.45) is 0. The van der Waals surface area contributed by atoms with Crippen molar-refractivity contribution in [3.05, 3.63) is 59.2 Å². The van der Waals surface area contributed by atoms with Crippen LogP contribution in [0.2, 0.25) is 0 Å². The Bertz CT molecular complexity index is 1030. The molecule has 1 saturated heterocycles. The Morgan fingerprint density at radius 1 is 0.966 bits per heavy atom. The minimum atomic E-state index is -3.60. The van der Waals surface area contributed by atoms with E-state index in [2.05, 4.69) is 5.32 Å². The summed E-state index contributed by atoms with van der Waals surface area (Å²) in [6.45, 7) is 4.74. The Labute approximate surface area is 170 Å². The lowest BCUT2D eigenvalue weighted by Crippen LogP contribution is -2.50. The third-order valence-electron chi connectivity index (χ3n) is 4.89. The molecule has 29 heavy (non-hydrogen) atoms. The molecule has 0 bridgehead atoms. The number of piperazine rings is 1. The van der Waals surface area contributed by atoms with Crippen molar-refractivity contribution in [1.29, 1.82) is 0 Å². The molecular weight excluding hydrogens is 392 g/mol. The average molecular weight is 417 g/mol. The maximum Gasteiger partial charge on any atom is 0.316 e. The van der Waals surface area contributed by atoms with Gasteiger partial charge in [0.2, 0.25) is 10.0 Å². The van der Waals surface area contributed by atoms with E-state index in [0.29, 0.717) is 34.8 Å². The minimum Gasteiger partial charge on any atom is -0.351 e. The van der Waals surface area contributed by atoms with Crippen LogP contribution in [0.25, 0.3) is 0 Å². The van der Waals surface area contributed by atoms with E-state index in [0.717, 1.165) is 5.56 Å². The summed E-state index contributed by atoms with van der Waals surface area (Å²) in [4.78, 5) is 25.5. The molecule has 0 radical (unpaired) electrons. The van der Waals surface area contributed by atoms with Gasteiger partial charge < -0.3 is 16.0 Å². The molecular formula is C20H24N4O4S. The van der Waals surface area contributed by atoms with Gasteiger partial charge in [0.05, 0.1) is 4.90 Å². The number of nitrogens with one attached hydrogen (secondary N) is 1. The molecule has 1 aliphatic rings. The van der Waals surface area contributed by atoms with E-state index in [1.165, 1.54) is 4.31 Å². The monoisotopic (exact) mass is 416 g/mol. The highest BCUT2D eigenvalue weighted by atomic mass is 32.2. The van der Waals surface area contributed by atoms with Gasteiger partial charge in [-0.3, -0.25) is 4.79 Å². The van der Waals surface area contributed by atoms with E-state index < -0.39 is 16.1 Å². The van der Waals surface area contributed by atoms with Crippen molar-refractivity contribution in [3.8, 4) is 0 Å². The number of hydrogen-bond acceptors (Lipinski definition) is 4. The van der Waals surface area contributed by atoms with E-state index in [4.69, 9.17) is 5.73 Å². The number of amides is 3. The summed E-state index contributed by atoms with van der Waals surface area (Å²) in [5.74, 6) is -0.181. The number of benzene rings is 2. The summed E-state index contributed by atoms with van der Waals surface area (Å²) in [5.41, 5.74) is 7.62. The molecule has 0 atom stereocenters. The molecule has 0 unspecified atom stereocenters. The van der Waals surface area contributed by atoms with E-state index in [1.807, 2.05) is 13.0 Å². The number of nitrogens with zero attached hydrogens (tertiary/aromatic N) is 2. The average Bonchev–Trinajstić information content (AvgIpc) is 2.69. The Hall–Kier alpha value is -2.91. The topological polar surface area (TPSA) is 113 Å². The molecule has 0 spiro atoms. The maximum atomic E-state index is 13.0. The summed E-state index contributed by atoms with van der Waals surface area (Å²) in [7, 11) is -3.60. The Morgan fingerprint density at radius 2 is 1.59 bits per heavy atom. The van der Waals surface area contributed by atoms with Crippen LogP contribution in [0.3, 0.4) is 0 Å². The van der Waals surface area contributed by atoms with Gasteiger partial charge >= 0.3 is 6.03 Å². The summed E-state index contributed by atoms with van der Waals surface area (Å²) in [6, 6.07) is 11.1. The Balaban J connectivity index is 1.67. The smallest absolute Gasteiger partial charge is 0.316 e. The number of sulfonamides is 1. The normalized spacial score (nSPS) is 15.2. The number of carbonyl (C=O) groups excluding carboxylic acids is 2. The summed E-state index contributed by atoms with van der Waals surface area (Å²) >= 11 is 0. The highest BCUT2D eigenvalue weighted by Gasteiger charge is 2.31. The third-order valence-corrected chi connectivity index (χ3v) is 6.93. The second-order valence-corrected chi connectivity index (χ2v) is 8.94. The molecule has 3 amide bonds. The molecule has 1 heterocycles. The zero-order valence-corrected chi connectivity index (χ0v) is 17.2. The molecule has 2 aromatic rings. The zero-order chi connectivity index (χ0) is 21.2. The van der Waals surface area contributed by atoms with Gasteiger partial charge in [0, 0.05) is 37.4 Å². The van der Waals surface area contributed by atoms with Gasteiger partial charge in [0.1, 0.15) is 0 Å². The first-order valence-corrected chi connectivity index (χ1v) is 10.7. The van der Waals surface area contributed by atoms with Crippen LogP contribution in [0.5, 0.6) is 0 Å².